The third-order valence-corrected chi connectivity index (χ3v) is 5.23. The van der Waals surface area contributed by atoms with E-state index in [2.05, 4.69) is 34.5 Å². The van der Waals surface area contributed by atoms with Crippen molar-refractivity contribution in [2.45, 2.75) is 25.3 Å². The average Bonchev–Trinajstić information content (AvgIpc) is 3.19. The summed E-state index contributed by atoms with van der Waals surface area (Å²) >= 11 is 6.41. The first-order chi connectivity index (χ1) is 11.7. The Bertz CT molecular complexity index is 789. The fourth-order valence-electron chi connectivity index (χ4n) is 3.67. The maximum Gasteiger partial charge on any atom is 0.228 e. The number of nitrogens with zero attached hydrogens (tertiary/aromatic N) is 1. The van der Waals surface area contributed by atoms with Gasteiger partial charge in [0.2, 0.25) is 5.91 Å². The van der Waals surface area contributed by atoms with Gasteiger partial charge in [0.1, 0.15) is 0 Å². The highest BCUT2D eigenvalue weighted by atomic mass is 35.5. The topological polar surface area (TPSA) is 52.6 Å². The minimum atomic E-state index is 0.0117. The van der Waals surface area contributed by atoms with Crippen LogP contribution in [0.2, 0.25) is 5.02 Å². The molecule has 1 amide bonds. The summed E-state index contributed by atoms with van der Waals surface area (Å²) in [4.78, 5) is 13.8. The number of halogens is 1. The second-order valence-electron chi connectivity index (χ2n) is 6.43. The number of hydrogen-bond donors (Lipinski definition) is 2. The maximum absolute atomic E-state index is 11.5. The molecule has 0 radical (unpaired) electrons. The van der Waals surface area contributed by atoms with Gasteiger partial charge in [0.05, 0.1) is 24.1 Å². The van der Waals surface area contributed by atoms with E-state index in [1.54, 1.807) is 0 Å². The first kappa shape index (κ1) is 15.5. The van der Waals surface area contributed by atoms with Crippen molar-refractivity contribution in [3.8, 4) is 11.1 Å². The van der Waals surface area contributed by atoms with E-state index < -0.39 is 0 Å². The molecule has 0 aliphatic carbocycles. The van der Waals surface area contributed by atoms with Crippen molar-refractivity contribution < 1.29 is 9.90 Å². The van der Waals surface area contributed by atoms with Crippen molar-refractivity contribution >= 4 is 28.9 Å². The lowest BCUT2D eigenvalue weighted by atomic mass is 10.0. The molecule has 2 aromatic carbocycles. The molecule has 1 atom stereocenters. The molecule has 0 spiro atoms. The van der Waals surface area contributed by atoms with Crippen LogP contribution in [-0.2, 0) is 11.2 Å². The third-order valence-electron chi connectivity index (χ3n) is 4.92. The summed E-state index contributed by atoms with van der Waals surface area (Å²) in [5, 5.41) is 12.9. The van der Waals surface area contributed by atoms with Crippen LogP contribution in [0.5, 0.6) is 0 Å². The fourth-order valence-corrected chi connectivity index (χ4v) is 3.94. The molecule has 2 N–H and O–H groups in total. The molecule has 1 unspecified atom stereocenters. The van der Waals surface area contributed by atoms with E-state index >= 15 is 0 Å². The van der Waals surface area contributed by atoms with Crippen molar-refractivity contribution in [2.24, 2.45) is 0 Å². The highest BCUT2D eigenvalue weighted by Gasteiger charge is 2.24. The van der Waals surface area contributed by atoms with E-state index in [0.29, 0.717) is 11.4 Å². The van der Waals surface area contributed by atoms with Crippen LogP contribution >= 0.6 is 11.6 Å². The van der Waals surface area contributed by atoms with E-state index in [4.69, 9.17) is 11.6 Å². The first-order valence-corrected chi connectivity index (χ1v) is 8.64. The molecule has 2 aliphatic rings. The Morgan fingerprint density at radius 2 is 2.04 bits per heavy atom. The van der Waals surface area contributed by atoms with Crippen LogP contribution in [0.3, 0.4) is 0 Å². The van der Waals surface area contributed by atoms with E-state index in [0.717, 1.165) is 47.5 Å². The van der Waals surface area contributed by atoms with Gasteiger partial charge in [0, 0.05) is 23.5 Å². The maximum atomic E-state index is 11.5. The molecule has 4 nitrogen and oxygen atoms in total. The monoisotopic (exact) mass is 342 g/mol. The molecule has 24 heavy (non-hydrogen) atoms. The Morgan fingerprint density at radius 1 is 1.25 bits per heavy atom. The van der Waals surface area contributed by atoms with Gasteiger partial charge in [-0.25, -0.2) is 0 Å². The molecular weight excluding hydrogens is 324 g/mol. The number of benzene rings is 2. The third kappa shape index (κ3) is 2.66. The number of amides is 1. The molecule has 0 bridgehead atoms. The van der Waals surface area contributed by atoms with Gasteiger partial charge < -0.3 is 15.3 Å². The number of aliphatic hydroxyl groups excluding tert-OH is 1. The van der Waals surface area contributed by atoms with E-state index in [9.17, 15) is 9.90 Å². The Morgan fingerprint density at radius 3 is 2.79 bits per heavy atom. The number of fused-ring (bicyclic) bond motifs is 1. The van der Waals surface area contributed by atoms with Crippen LogP contribution < -0.4 is 10.2 Å². The Hall–Kier alpha value is -2.04. The summed E-state index contributed by atoms with van der Waals surface area (Å²) in [5.74, 6) is 0.0117. The fraction of sp³-hybridized carbons (Fsp3) is 0.316. The van der Waals surface area contributed by atoms with E-state index in [1.165, 1.54) is 0 Å². The lowest BCUT2D eigenvalue weighted by Gasteiger charge is -2.25. The molecule has 4 rings (SSSR count). The zero-order chi connectivity index (χ0) is 16.7. The lowest BCUT2D eigenvalue weighted by Crippen LogP contribution is -2.31. The second-order valence-corrected chi connectivity index (χ2v) is 6.84. The minimum absolute atomic E-state index is 0.0117. The van der Waals surface area contributed by atoms with Crippen LogP contribution in [0, 0.1) is 0 Å². The summed E-state index contributed by atoms with van der Waals surface area (Å²) in [7, 11) is 0. The van der Waals surface area contributed by atoms with Gasteiger partial charge in [0.15, 0.2) is 0 Å². The van der Waals surface area contributed by atoms with Gasteiger partial charge in [-0.1, -0.05) is 23.7 Å². The summed E-state index contributed by atoms with van der Waals surface area (Å²) in [6.45, 7) is 1.18. The summed E-state index contributed by atoms with van der Waals surface area (Å²) in [5.41, 5.74) is 4.91. The van der Waals surface area contributed by atoms with Crippen LogP contribution in [0.25, 0.3) is 11.1 Å². The average molecular weight is 343 g/mol. The van der Waals surface area contributed by atoms with Crippen molar-refractivity contribution in [3.05, 3.63) is 47.0 Å². The molecule has 124 valence electrons. The quantitative estimate of drug-likeness (QED) is 0.898. The van der Waals surface area contributed by atoms with Gasteiger partial charge in [-0.2, -0.15) is 0 Å². The van der Waals surface area contributed by atoms with Gasteiger partial charge >= 0.3 is 0 Å². The first-order valence-electron chi connectivity index (χ1n) is 8.26. The molecule has 5 heteroatoms. The predicted molar refractivity (Wildman–Crippen MR) is 96.7 cm³/mol. The molecule has 0 saturated carbocycles. The van der Waals surface area contributed by atoms with Gasteiger partial charge in [-0.15, -0.1) is 0 Å². The molecule has 0 aromatic heterocycles. The molecule has 1 saturated heterocycles. The molecular formula is C19H19ClN2O2. The number of nitrogens with one attached hydrogen (secondary N) is 1. The summed E-state index contributed by atoms with van der Waals surface area (Å²) in [6, 6.07) is 12.3. The zero-order valence-corrected chi connectivity index (χ0v) is 14.0. The predicted octanol–water partition coefficient (Wildman–Crippen LogP) is 3.46. The Balaban J connectivity index is 1.64. The highest BCUT2D eigenvalue weighted by molar-refractivity contribution is 6.34. The van der Waals surface area contributed by atoms with Gasteiger partial charge in [-0.05, 0) is 48.2 Å². The van der Waals surface area contributed by atoms with Crippen molar-refractivity contribution in [1.82, 2.24) is 0 Å². The number of aliphatic hydroxyl groups is 1. The van der Waals surface area contributed by atoms with Crippen molar-refractivity contribution in [3.63, 3.8) is 0 Å². The molecule has 2 aromatic rings. The standard InChI is InChI=1S/C19H19ClN2O2/c20-17-10-18-13(9-19(24)21-18)8-16(17)12-3-5-14(6-4-12)22-7-1-2-15(22)11-23/h3-6,8,10,15,23H,1-2,7,9,11H2,(H,21,24). The molecule has 2 heterocycles. The molecule has 2 aliphatic heterocycles. The van der Waals surface area contributed by atoms with E-state index in [-0.39, 0.29) is 18.6 Å². The van der Waals surface area contributed by atoms with Crippen molar-refractivity contribution in [2.75, 3.05) is 23.4 Å². The minimum Gasteiger partial charge on any atom is -0.394 e. The summed E-state index contributed by atoms with van der Waals surface area (Å²) < 4.78 is 0. The Kier molecular flexibility index (Phi) is 3.94. The van der Waals surface area contributed by atoms with Crippen molar-refractivity contribution in [1.29, 1.82) is 0 Å². The number of hydrogen-bond acceptors (Lipinski definition) is 3. The van der Waals surface area contributed by atoms with Gasteiger partial charge in [-0.3, -0.25) is 4.79 Å². The normalized spacial score (nSPS) is 19.5. The number of rotatable bonds is 3. The largest absolute Gasteiger partial charge is 0.394 e. The number of anilines is 2. The highest BCUT2D eigenvalue weighted by Crippen LogP contribution is 2.36. The smallest absolute Gasteiger partial charge is 0.228 e. The van der Waals surface area contributed by atoms with Crippen LogP contribution in [0.4, 0.5) is 11.4 Å². The van der Waals surface area contributed by atoms with Gasteiger partial charge in [0.25, 0.3) is 0 Å². The van der Waals surface area contributed by atoms with E-state index in [1.807, 2.05) is 12.1 Å². The number of carbonyl (C=O) groups is 1. The van der Waals surface area contributed by atoms with Crippen LogP contribution in [-0.4, -0.2) is 30.2 Å². The summed E-state index contributed by atoms with van der Waals surface area (Å²) in [6.07, 6.45) is 2.56. The lowest BCUT2D eigenvalue weighted by molar-refractivity contribution is -0.115. The number of carbonyl (C=O) groups excluding carboxylic acids is 1. The zero-order valence-electron chi connectivity index (χ0n) is 13.3. The SMILES string of the molecule is O=C1Cc2cc(-c3ccc(N4CCCC4CO)cc3)c(Cl)cc2N1. The Labute approximate surface area is 146 Å². The van der Waals surface area contributed by atoms with Crippen LogP contribution in [0.1, 0.15) is 18.4 Å². The van der Waals surface area contributed by atoms with Crippen LogP contribution in [0.15, 0.2) is 36.4 Å². The second kappa shape index (κ2) is 6.11. The molecule has 1 fully saturated rings.